The molecule has 3 rings (SSSR count). The second-order valence-electron chi connectivity index (χ2n) is 5.00. The molecule has 2 aromatic carbocycles. The maximum absolute atomic E-state index is 11.4. The van der Waals surface area contributed by atoms with E-state index in [1.54, 1.807) is 18.2 Å². The number of carbonyl (C=O) groups excluding carboxylic acids is 1. The molecule has 1 aliphatic rings. The Labute approximate surface area is 122 Å². The van der Waals surface area contributed by atoms with Crippen molar-refractivity contribution in [2.75, 3.05) is 11.1 Å². The molecule has 0 saturated carbocycles. The van der Waals surface area contributed by atoms with Crippen molar-refractivity contribution in [3.8, 4) is 11.5 Å². The van der Waals surface area contributed by atoms with Crippen molar-refractivity contribution in [3.05, 3.63) is 47.5 Å². The van der Waals surface area contributed by atoms with Gasteiger partial charge in [-0.3, -0.25) is 4.79 Å². The molecule has 0 aliphatic carbocycles. The van der Waals surface area contributed by atoms with E-state index in [0.717, 1.165) is 16.8 Å². The number of benzene rings is 2. The first-order valence-electron chi connectivity index (χ1n) is 6.75. The highest BCUT2D eigenvalue weighted by atomic mass is 16.5. The number of nitrogens with one attached hydrogen (secondary N) is 1. The van der Waals surface area contributed by atoms with Crippen LogP contribution < -0.4 is 15.8 Å². The van der Waals surface area contributed by atoms with Crippen LogP contribution in [0.4, 0.5) is 11.4 Å². The molecular formula is C16H16N2O3. The first kappa shape index (κ1) is 13.5. The van der Waals surface area contributed by atoms with Gasteiger partial charge in [0, 0.05) is 12.1 Å². The Hall–Kier alpha value is -2.53. The lowest BCUT2D eigenvalue weighted by atomic mass is 10.0. The predicted octanol–water partition coefficient (Wildman–Crippen LogP) is 2.44. The zero-order valence-electron chi connectivity index (χ0n) is 11.4. The van der Waals surface area contributed by atoms with Crippen LogP contribution in [0, 0.1) is 0 Å². The Kier molecular flexibility index (Phi) is 3.50. The smallest absolute Gasteiger partial charge is 0.224 e. The van der Waals surface area contributed by atoms with Gasteiger partial charge in [0.1, 0.15) is 5.75 Å². The van der Waals surface area contributed by atoms with Crippen LogP contribution in [0.1, 0.15) is 17.5 Å². The molecule has 5 nitrogen and oxygen atoms in total. The first-order valence-corrected chi connectivity index (χ1v) is 6.75. The van der Waals surface area contributed by atoms with Gasteiger partial charge in [0.15, 0.2) is 5.75 Å². The number of aliphatic hydroxyl groups is 1. The topological polar surface area (TPSA) is 84.6 Å². The molecule has 0 unspecified atom stereocenters. The lowest BCUT2D eigenvalue weighted by Gasteiger charge is -2.19. The summed E-state index contributed by atoms with van der Waals surface area (Å²) in [5.74, 6) is 1.18. The Morgan fingerprint density at radius 3 is 2.90 bits per heavy atom. The average molecular weight is 284 g/mol. The van der Waals surface area contributed by atoms with E-state index in [4.69, 9.17) is 15.6 Å². The monoisotopic (exact) mass is 284 g/mol. The van der Waals surface area contributed by atoms with Crippen LogP contribution in [0.25, 0.3) is 0 Å². The fourth-order valence-electron chi connectivity index (χ4n) is 2.35. The minimum Gasteiger partial charge on any atom is -0.455 e. The number of aryl methyl sites for hydroxylation is 1. The van der Waals surface area contributed by atoms with E-state index in [-0.39, 0.29) is 12.5 Å². The second-order valence-corrected chi connectivity index (χ2v) is 5.00. The SMILES string of the molecule is Nc1cc2c(cc1Oc1cccc(CO)c1)CCC(=O)N2. The van der Waals surface area contributed by atoms with E-state index in [2.05, 4.69) is 5.32 Å². The van der Waals surface area contributed by atoms with Gasteiger partial charge in [-0.15, -0.1) is 0 Å². The predicted molar refractivity (Wildman–Crippen MR) is 80.2 cm³/mol. The third-order valence-corrected chi connectivity index (χ3v) is 3.44. The zero-order valence-corrected chi connectivity index (χ0v) is 11.4. The van der Waals surface area contributed by atoms with Crippen LogP contribution in [0.3, 0.4) is 0 Å². The van der Waals surface area contributed by atoms with Crippen molar-refractivity contribution >= 4 is 17.3 Å². The molecule has 1 heterocycles. The van der Waals surface area contributed by atoms with Crippen LogP contribution in [0.2, 0.25) is 0 Å². The van der Waals surface area contributed by atoms with Gasteiger partial charge in [-0.05, 0) is 41.8 Å². The van der Waals surface area contributed by atoms with Crippen molar-refractivity contribution < 1.29 is 14.6 Å². The molecule has 0 atom stereocenters. The standard InChI is InChI=1S/C16H16N2O3/c17-13-8-14-11(4-5-16(20)18-14)7-15(13)21-12-3-1-2-10(6-12)9-19/h1-3,6-8,19H,4-5,9,17H2,(H,18,20). The van der Waals surface area contributed by atoms with E-state index < -0.39 is 0 Å². The van der Waals surface area contributed by atoms with Crippen LogP contribution in [-0.2, 0) is 17.8 Å². The summed E-state index contributed by atoms with van der Waals surface area (Å²) in [6.07, 6.45) is 1.14. The first-order chi connectivity index (χ1) is 10.2. The van der Waals surface area contributed by atoms with Crippen molar-refractivity contribution in [1.29, 1.82) is 0 Å². The highest BCUT2D eigenvalue weighted by Gasteiger charge is 2.17. The number of hydrogen-bond acceptors (Lipinski definition) is 4. The van der Waals surface area contributed by atoms with E-state index in [9.17, 15) is 4.79 Å². The maximum Gasteiger partial charge on any atom is 0.224 e. The van der Waals surface area contributed by atoms with Gasteiger partial charge >= 0.3 is 0 Å². The molecule has 0 aromatic heterocycles. The summed E-state index contributed by atoms with van der Waals surface area (Å²) in [5.41, 5.74) is 8.98. The zero-order chi connectivity index (χ0) is 14.8. The van der Waals surface area contributed by atoms with Crippen LogP contribution in [-0.4, -0.2) is 11.0 Å². The van der Waals surface area contributed by atoms with E-state index >= 15 is 0 Å². The molecule has 2 aromatic rings. The lowest BCUT2D eigenvalue weighted by Crippen LogP contribution is -2.19. The number of rotatable bonds is 3. The average Bonchev–Trinajstić information content (AvgIpc) is 2.48. The highest BCUT2D eigenvalue weighted by molar-refractivity contribution is 5.94. The molecule has 4 N–H and O–H groups in total. The summed E-state index contributed by atoms with van der Waals surface area (Å²) in [6, 6.07) is 10.8. The molecule has 0 bridgehead atoms. The maximum atomic E-state index is 11.4. The number of aliphatic hydroxyl groups excluding tert-OH is 1. The quantitative estimate of drug-likeness (QED) is 0.756. The van der Waals surface area contributed by atoms with Crippen LogP contribution >= 0.6 is 0 Å². The Bertz CT molecular complexity index is 698. The van der Waals surface area contributed by atoms with Crippen LogP contribution in [0.15, 0.2) is 36.4 Å². The lowest BCUT2D eigenvalue weighted by molar-refractivity contribution is -0.116. The number of nitrogens with two attached hydrogens (primary N) is 1. The summed E-state index contributed by atoms with van der Waals surface area (Å²) < 4.78 is 5.80. The second kappa shape index (κ2) is 5.46. The van der Waals surface area contributed by atoms with E-state index in [1.165, 1.54) is 0 Å². The highest BCUT2D eigenvalue weighted by Crippen LogP contribution is 2.35. The molecule has 5 heteroatoms. The summed E-state index contributed by atoms with van der Waals surface area (Å²) in [5, 5.41) is 11.9. The largest absolute Gasteiger partial charge is 0.455 e. The molecule has 0 radical (unpaired) electrons. The Balaban J connectivity index is 1.90. The number of hydrogen-bond donors (Lipinski definition) is 3. The van der Waals surface area contributed by atoms with Crippen LogP contribution in [0.5, 0.6) is 11.5 Å². The number of carbonyl (C=O) groups is 1. The fraction of sp³-hybridized carbons (Fsp3) is 0.188. The fourth-order valence-corrected chi connectivity index (χ4v) is 2.35. The van der Waals surface area contributed by atoms with Gasteiger partial charge in [0.2, 0.25) is 5.91 Å². The molecule has 1 amide bonds. The number of anilines is 2. The number of ether oxygens (including phenoxy) is 1. The van der Waals surface area contributed by atoms with E-state index in [1.807, 2.05) is 18.2 Å². The van der Waals surface area contributed by atoms with Crippen molar-refractivity contribution in [2.45, 2.75) is 19.4 Å². The summed E-state index contributed by atoms with van der Waals surface area (Å²) in [6.45, 7) is -0.0388. The van der Waals surface area contributed by atoms with Gasteiger partial charge in [-0.1, -0.05) is 12.1 Å². The number of amides is 1. The number of fused-ring (bicyclic) bond motifs is 1. The molecule has 1 aliphatic heterocycles. The molecule has 0 spiro atoms. The Morgan fingerprint density at radius 1 is 1.24 bits per heavy atom. The van der Waals surface area contributed by atoms with Crippen molar-refractivity contribution in [3.63, 3.8) is 0 Å². The molecule has 0 saturated heterocycles. The van der Waals surface area contributed by atoms with Gasteiger partial charge in [0.05, 0.1) is 12.3 Å². The van der Waals surface area contributed by atoms with E-state index in [0.29, 0.717) is 30.0 Å². The third kappa shape index (κ3) is 2.83. The molecule has 108 valence electrons. The van der Waals surface area contributed by atoms with Gasteiger partial charge < -0.3 is 20.9 Å². The Morgan fingerprint density at radius 2 is 2.10 bits per heavy atom. The van der Waals surface area contributed by atoms with Gasteiger partial charge in [-0.25, -0.2) is 0 Å². The minimum absolute atomic E-state index is 0.00575. The van der Waals surface area contributed by atoms with Crippen molar-refractivity contribution in [1.82, 2.24) is 0 Å². The van der Waals surface area contributed by atoms with Gasteiger partial charge in [-0.2, -0.15) is 0 Å². The van der Waals surface area contributed by atoms with Crippen molar-refractivity contribution in [2.24, 2.45) is 0 Å². The third-order valence-electron chi connectivity index (χ3n) is 3.44. The molecular weight excluding hydrogens is 268 g/mol. The molecule has 21 heavy (non-hydrogen) atoms. The summed E-state index contributed by atoms with van der Waals surface area (Å²) in [7, 11) is 0. The van der Waals surface area contributed by atoms with Gasteiger partial charge in [0.25, 0.3) is 0 Å². The number of nitrogen functional groups attached to an aromatic ring is 1. The summed E-state index contributed by atoms with van der Waals surface area (Å²) >= 11 is 0. The normalized spacial score (nSPS) is 13.5. The summed E-state index contributed by atoms with van der Waals surface area (Å²) in [4.78, 5) is 11.4. The minimum atomic E-state index is -0.0388. The molecule has 0 fully saturated rings.